The fourth-order valence-electron chi connectivity index (χ4n) is 6.16. The molecule has 2 aromatic carbocycles. The number of piperidine rings is 1. The molecule has 2 saturated heterocycles. The summed E-state index contributed by atoms with van der Waals surface area (Å²) < 4.78 is 10.7. The molecule has 0 bridgehead atoms. The van der Waals surface area contributed by atoms with Crippen molar-refractivity contribution in [1.29, 1.82) is 0 Å². The summed E-state index contributed by atoms with van der Waals surface area (Å²) in [6.45, 7) is 4.11. The summed E-state index contributed by atoms with van der Waals surface area (Å²) in [6.07, 6.45) is 7.37. The minimum Gasteiger partial charge on any atom is -0.493 e. The molecule has 0 radical (unpaired) electrons. The lowest BCUT2D eigenvalue weighted by molar-refractivity contribution is -0.139. The van der Waals surface area contributed by atoms with Gasteiger partial charge in [-0.05, 0) is 73.7 Å². The largest absolute Gasteiger partial charge is 0.493 e. The van der Waals surface area contributed by atoms with Crippen LogP contribution in [0.2, 0.25) is 0 Å². The summed E-state index contributed by atoms with van der Waals surface area (Å²) in [6, 6.07) is 19.6. The highest BCUT2D eigenvalue weighted by Gasteiger charge is 2.47. The standard InChI is InChI=1S/C33H40N4O4.2ClH/c1-40-29-11-10-25(21-30(29)41-2)22-31(38)35-28(27-8-4-3-5-9-27)12-17-36-18-13-33(14-19-36)15-20-37(32(33)39)24-26-7-6-16-34-23-26;;/h3-11,16,21,23,28H,12-15,17-20,22,24H2,1-2H3,(H,35,38);2*1H. The third-order valence-electron chi connectivity index (χ3n) is 8.59. The van der Waals surface area contributed by atoms with Crippen molar-refractivity contribution in [3.8, 4) is 11.5 Å². The van der Waals surface area contributed by atoms with Gasteiger partial charge in [0, 0.05) is 32.0 Å². The third-order valence-corrected chi connectivity index (χ3v) is 8.59. The average molecular weight is 630 g/mol. The van der Waals surface area contributed by atoms with Gasteiger partial charge < -0.3 is 24.6 Å². The molecule has 2 aliphatic heterocycles. The Bertz CT molecular complexity index is 1320. The highest BCUT2D eigenvalue weighted by molar-refractivity contribution is 5.86. The molecule has 43 heavy (non-hydrogen) atoms. The average Bonchev–Trinajstić information content (AvgIpc) is 3.30. The van der Waals surface area contributed by atoms with E-state index in [0.717, 1.165) is 68.6 Å². The van der Waals surface area contributed by atoms with E-state index in [1.807, 2.05) is 59.6 Å². The monoisotopic (exact) mass is 628 g/mol. The molecular weight excluding hydrogens is 587 g/mol. The van der Waals surface area contributed by atoms with Crippen molar-refractivity contribution in [2.45, 2.75) is 44.7 Å². The van der Waals surface area contributed by atoms with E-state index < -0.39 is 0 Å². The van der Waals surface area contributed by atoms with Crippen molar-refractivity contribution < 1.29 is 19.1 Å². The summed E-state index contributed by atoms with van der Waals surface area (Å²) >= 11 is 0. The second-order valence-electron chi connectivity index (χ2n) is 11.1. The van der Waals surface area contributed by atoms with E-state index in [1.54, 1.807) is 20.4 Å². The molecular formula is C33H42Cl2N4O4. The number of aromatic nitrogens is 1. The van der Waals surface area contributed by atoms with Crippen molar-refractivity contribution in [1.82, 2.24) is 20.1 Å². The second-order valence-corrected chi connectivity index (χ2v) is 11.1. The SMILES string of the molecule is COc1ccc(CC(=O)NC(CCN2CCC3(CC2)CCN(Cc2cccnc2)C3=O)c2ccccc2)cc1OC.Cl.Cl. The van der Waals surface area contributed by atoms with Gasteiger partial charge >= 0.3 is 0 Å². The first kappa shape index (κ1) is 34.2. The molecule has 8 nitrogen and oxygen atoms in total. The Balaban J connectivity index is 0.00000253. The van der Waals surface area contributed by atoms with Crippen LogP contribution < -0.4 is 14.8 Å². The molecule has 3 aromatic rings. The summed E-state index contributed by atoms with van der Waals surface area (Å²) in [5.41, 5.74) is 2.81. The number of ether oxygens (including phenoxy) is 2. The van der Waals surface area contributed by atoms with Gasteiger partial charge in [-0.2, -0.15) is 0 Å². The lowest BCUT2D eigenvalue weighted by Gasteiger charge is -2.38. The van der Waals surface area contributed by atoms with Crippen LogP contribution in [0.3, 0.4) is 0 Å². The topological polar surface area (TPSA) is 84.0 Å². The Labute approximate surface area is 267 Å². The predicted molar refractivity (Wildman–Crippen MR) is 172 cm³/mol. The highest BCUT2D eigenvalue weighted by atomic mass is 35.5. The fraction of sp³-hybridized carbons (Fsp3) is 0.424. The van der Waals surface area contributed by atoms with Gasteiger partial charge in [0.1, 0.15) is 0 Å². The molecule has 10 heteroatoms. The zero-order chi connectivity index (χ0) is 28.7. The van der Waals surface area contributed by atoms with Gasteiger partial charge in [0.05, 0.1) is 32.1 Å². The van der Waals surface area contributed by atoms with Crippen LogP contribution in [0, 0.1) is 5.41 Å². The summed E-state index contributed by atoms with van der Waals surface area (Å²) in [4.78, 5) is 35.2. The molecule has 0 aliphatic carbocycles. The number of pyridine rings is 1. The number of carbonyl (C=O) groups is 2. The number of carbonyl (C=O) groups excluding carboxylic acids is 2. The summed E-state index contributed by atoms with van der Waals surface area (Å²) in [5.74, 6) is 1.52. The molecule has 2 amide bonds. The fourth-order valence-corrected chi connectivity index (χ4v) is 6.16. The Morgan fingerprint density at radius 3 is 2.33 bits per heavy atom. The number of likely N-dealkylation sites (tertiary alicyclic amines) is 2. The van der Waals surface area contributed by atoms with Crippen LogP contribution in [0.5, 0.6) is 11.5 Å². The molecule has 5 rings (SSSR count). The number of benzene rings is 2. The van der Waals surface area contributed by atoms with Gasteiger partial charge in [-0.25, -0.2) is 0 Å². The molecule has 3 heterocycles. The van der Waals surface area contributed by atoms with Crippen molar-refractivity contribution in [3.05, 3.63) is 89.7 Å². The Hall–Kier alpha value is -3.33. The van der Waals surface area contributed by atoms with Crippen LogP contribution in [-0.2, 0) is 22.6 Å². The summed E-state index contributed by atoms with van der Waals surface area (Å²) in [7, 11) is 3.19. The number of hydrogen-bond acceptors (Lipinski definition) is 6. The molecule has 1 N–H and O–H groups in total. The van der Waals surface area contributed by atoms with Crippen LogP contribution in [0.4, 0.5) is 0 Å². The van der Waals surface area contributed by atoms with Crippen molar-refractivity contribution >= 4 is 36.6 Å². The maximum atomic E-state index is 13.4. The number of rotatable bonds is 11. The van der Waals surface area contributed by atoms with Crippen molar-refractivity contribution in [2.24, 2.45) is 5.41 Å². The number of methoxy groups -OCH3 is 2. The molecule has 2 aliphatic rings. The van der Waals surface area contributed by atoms with Gasteiger partial charge in [-0.3, -0.25) is 14.6 Å². The van der Waals surface area contributed by atoms with Crippen LogP contribution in [0.15, 0.2) is 73.1 Å². The van der Waals surface area contributed by atoms with Crippen LogP contribution in [-0.4, -0.2) is 67.0 Å². The lowest BCUT2D eigenvalue weighted by atomic mass is 9.77. The Kier molecular flexibility index (Phi) is 12.7. The quantitative estimate of drug-likeness (QED) is 0.312. The first-order chi connectivity index (χ1) is 20.0. The van der Waals surface area contributed by atoms with E-state index in [2.05, 4.69) is 27.3 Å². The molecule has 1 spiro atoms. The van der Waals surface area contributed by atoms with Crippen molar-refractivity contribution in [2.75, 3.05) is 40.4 Å². The Morgan fingerprint density at radius 2 is 1.65 bits per heavy atom. The number of amides is 2. The smallest absolute Gasteiger partial charge is 0.229 e. The van der Waals surface area contributed by atoms with E-state index in [4.69, 9.17) is 9.47 Å². The van der Waals surface area contributed by atoms with Gasteiger partial charge in [-0.15, -0.1) is 24.8 Å². The minimum absolute atomic E-state index is 0. The zero-order valence-electron chi connectivity index (χ0n) is 24.9. The molecule has 1 aromatic heterocycles. The summed E-state index contributed by atoms with van der Waals surface area (Å²) in [5, 5.41) is 3.27. The second kappa shape index (κ2) is 15.9. The maximum absolute atomic E-state index is 13.4. The van der Waals surface area contributed by atoms with Gasteiger partial charge in [0.15, 0.2) is 11.5 Å². The van der Waals surface area contributed by atoms with Crippen LogP contribution in [0.1, 0.15) is 48.4 Å². The van der Waals surface area contributed by atoms with Gasteiger partial charge in [-0.1, -0.05) is 42.5 Å². The first-order valence-electron chi connectivity index (χ1n) is 14.5. The number of hydrogen-bond donors (Lipinski definition) is 1. The number of halogens is 2. The van der Waals surface area contributed by atoms with E-state index in [1.165, 1.54) is 0 Å². The van der Waals surface area contributed by atoms with Gasteiger partial charge in [0.2, 0.25) is 11.8 Å². The predicted octanol–water partition coefficient (Wildman–Crippen LogP) is 5.25. The Morgan fingerprint density at radius 1 is 0.930 bits per heavy atom. The molecule has 1 unspecified atom stereocenters. The van der Waals surface area contributed by atoms with Gasteiger partial charge in [0.25, 0.3) is 0 Å². The van der Waals surface area contributed by atoms with Crippen molar-refractivity contribution in [3.63, 3.8) is 0 Å². The minimum atomic E-state index is -0.231. The number of nitrogens with zero attached hydrogens (tertiary/aromatic N) is 3. The molecule has 1 atom stereocenters. The lowest BCUT2D eigenvalue weighted by Crippen LogP contribution is -2.45. The molecule has 2 fully saturated rings. The first-order valence-corrected chi connectivity index (χ1v) is 14.5. The van der Waals surface area contributed by atoms with Crippen LogP contribution in [0.25, 0.3) is 0 Å². The highest BCUT2D eigenvalue weighted by Crippen LogP contribution is 2.42. The zero-order valence-corrected chi connectivity index (χ0v) is 26.5. The maximum Gasteiger partial charge on any atom is 0.229 e. The number of nitrogens with one attached hydrogen (secondary N) is 1. The van der Waals surface area contributed by atoms with E-state index in [-0.39, 0.29) is 48.6 Å². The molecule has 0 saturated carbocycles. The molecule has 232 valence electrons. The normalized spacial score (nSPS) is 16.6. The van der Waals surface area contributed by atoms with E-state index in [0.29, 0.717) is 24.0 Å². The van der Waals surface area contributed by atoms with E-state index in [9.17, 15) is 9.59 Å². The van der Waals surface area contributed by atoms with E-state index >= 15 is 0 Å². The third kappa shape index (κ3) is 8.40. The van der Waals surface area contributed by atoms with Crippen LogP contribution >= 0.6 is 24.8 Å².